The Morgan fingerprint density at radius 3 is 2.33 bits per heavy atom. The number of esters is 1. The molecule has 1 aromatic rings. The minimum Gasteiger partial charge on any atom is -0.455 e. The van der Waals surface area contributed by atoms with Gasteiger partial charge in [0, 0.05) is 18.6 Å². The zero-order valence-electron chi connectivity index (χ0n) is 16.0. The van der Waals surface area contributed by atoms with Gasteiger partial charge in [0.2, 0.25) is 0 Å². The maximum absolute atomic E-state index is 14.1. The summed E-state index contributed by atoms with van der Waals surface area (Å²) in [6.45, 7) is 5.99. The highest BCUT2D eigenvalue weighted by atomic mass is 19.4. The van der Waals surface area contributed by atoms with Gasteiger partial charge in [-0.15, -0.1) is 0 Å². The van der Waals surface area contributed by atoms with Crippen molar-refractivity contribution in [2.24, 2.45) is 17.3 Å². The van der Waals surface area contributed by atoms with Crippen LogP contribution in [0.4, 0.5) is 13.2 Å². The summed E-state index contributed by atoms with van der Waals surface area (Å²) in [5.41, 5.74) is -2.71. The van der Waals surface area contributed by atoms with Gasteiger partial charge in [-0.3, -0.25) is 0 Å². The van der Waals surface area contributed by atoms with Gasteiger partial charge in [-0.1, -0.05) is 50.3 Å². The van der Waals surface area contributed by atoms with Crippen molar-refractivity contribution in [2.75, 3.05) is 7.11 Å². The Morgan fingerprint density at radius 1 is 1.19 bits per heavy atom. The van der Waals surface area contributed by atoms with Gasteiger partial charge >= 0.3 is 12.1 Å². The van der Waals surface area contributed by atoms with Gasteiger partial charge < -0.3 is 9.47 Å². The van der Waals surface area contributed by atoms with Crippen molar-refractivity contribution in [2.45, 2.75) is 51.5 Å². The van der Waals surface area contributed by atoms with Crippen LogP contribution in [0.3, 0.4) is 0 Å². The highest BCUT2D eigenvalue weighted by Crippen LogP contribution is 2.58. The first-order valence-corrected chi connectivity index (χ1v) is 9.10. The molecule has 0 aliphatic heterocycles. The van der Waals surface area contributed by atoms with E-state index in [1.807, 2.05) is 13.0 Å². The van der Waals surface area contributed by atoms with Gasteiger partial charge in [-0.05, 0) is 36.7 Å². The predicted octanol–water partition coefficient (Wildman–Crippen LogP) is 5.01. The van der Waals surface area contributed by atoms with Gasteiger partial charge in [0.1, 0.15) is 6.10 Å². The molecule has 0 amide bonds. The normalized spacial score (nSPS) is 29.0. The highest BCUT2D eigenvalue weighted by molar-refractivity contribution is 5.83. The molecule has 0 unspecified atom stereocenters. The molecule has 4 atom stereocenters. The largest absolute Gasteiger partial charge is 0.455 e. The molecule has 4 rings (SSSR count). The summed E-state index contributed by atoms with van der Waals surface area (Å²) in [6, 6.07) is 6.94. The molecule has 148 valence electrons. The van der Waals surface area contributed by atoms with Crippen LogP contribution in [0.5, 0.6) is 0 Å². The first-order chi connectivity index (χ1) is 12.6. The Balaban J connectivity index is 1.98. The van der Waals surface area contributed by atoms with Gasteiger partial charge in [-0.25, -0.2) is 4.79 Å². The van der Waals surface area contributed by atoms with Crippen LogP contribution in [-0.4, -0.2) is 25.4 Å². The average Bonchev–Trinajstić information content (AvgIpc) is 2.81. The van der Waals surface area contributed by atoms with Crippen molar-refractivity contribution >= 4 is 5.97 Å². The summed E-state index contributed by atoms with van der Waals surface area (Å²) in [4.78, 5) is 12.9. The molecule has 0 N–H and O–H groups in total. The van der Waals surface area contributed by atoms with Crippen LogP contribution in [0, 0.1) is 17.3 Å². The Morgan fingerprint density at radius 2 is 1.81 bits per heavy atom. The lowest BCUT2D eigenvalue weighted by Crippen LogP contribution is -2.55. The molecule has 0 spiro atoms. The number of hydrogen-bond donors (Lipinski definition) is 0. The van der Waals surface area contributed by atoms with Gasteiger partial charge in [0.05, 0.1) is 0 Å². The Kier molecular flexibility index (Phi) is 4.91. The smallest absolute Gasteiger partial charge is 0.432 e. The number of alkyl halides is 3. The van der Waals surface area contributed by atoms with Crippen LogP contribution in [0.15, 0.2) is 42.0 Å². The molecule has 1 saturated carbocycles. The lowest BCUT2D eigenvalue weighted by Gasteiger charge is -2.53. The maximum atomic E-state index is 14.1. The van der Waals surface area contributed by atoms with Gasteiger partial charge in [0.15, 0.2) is 0 Å². The van der Waals surface area contributed by atoms with Crippen LogP contribution in [0.2, 0.25) is 0 Å². The van der Waals surface area contributed by atoms with E-state index in [2.05, 4.69) is 13.8 Å². The van der Waals surface area contributed by atoms with E-state index >= 15 is 0 Å². The summed E-state index contributed by atoms with van der Waals surface area (Å²) < 4.78 is 52.6. The topological polar surface area (TPSA) is 35.5 Å². The summed E-state index contributed by atoms with van der Waals surface area (Å²) in [7, 11) is 0.890. The molecule has 27 heavy (non-hydrogen) atoms. The standard InChI is InChI=1S/C21H25F3O3/c1-13-10-11-15-12-16(19(15,2)3)17(13)27-18(25)20(26-4,21(22,23)24)14-8-6-5-7-9-14/h5-10,15-17H,11-12H2,1-4H3/t15-,16+,17-,20+/m1/s1. The molecule has 3 aliphatic carbocycles. The number of halogens is 3. The van der Waals surface area contributed by atoms with E-state index in [0.717, 1.165) is 25.5 Å². The number of allylic oxidation sites excluding steroid dienone is 1. The fourth-order valence-electron chi connectivity index (χ4n) is 4.49. The van der Waals surface area contributed by atoms with Crippen molar-refractivity contribution < 1.29 is 27.4 Å². The van der Waals surface area contributed by atoms with Crippen molar-refractivity contribution in [3.05, 3.63) is 47.5 Å². The SMILES string of the molecule is CO[C@](C(=O)O[C@@H]1C(C)=CC[C@@H]2C[C@@H]1C2(C)C)(c1ccccc1)C(F)(F)F. The number of benzene rings is 1. The molecular weight excluding hydrogens is 357 g/mol. The fourth-order valence-corrected chi connectivity index (χ4v) is 4.49. The average molecular weight is 382 g/mol. The second kappa shape index (κ2) is 6.66. The number of hydrogen-bond acceptors (Lipinski definition) is 3. The Bertz CT molecular complexity index is 739. The van der Waals surface area contributed by atoms with E-state index in [1.54, 1.807) is 6.07 Å². The summed E-state index contributed by atoms with van der Waals surface area (Å²) >= 11 is 0. The van der Waals surface area contributed by atoms with Crippen molar-refractivity contribution in [3.63, 3.8) is 0 Å². The van der Waals surface area contributed by atoms with Crippen LogP contribution >= 0.6 is 0 Å². The van der Waals surface area contributed by atoms with Gasteiger partial charge in [-0.2, -0.15) is 13.2 Å². The molecule has 0 saturated heterocycles. The molecular formula is C21H25F3O3. The fraction of sp³-hybridized carbons (Fsp3) is 0.571. The van der Waals surface area contributed by atoms with Crippen LogP contribution in [0.1, 0.15) is 39.2 Å². The molecule has 1 aromatic carbocycles. The van der Waals surface area contributed by atoms with Gasteiger partial charge in [0.25, 0.3) is 5.60 Å². The summed E-state index contributed by atoms with van der Waals surface area (Å²) in [5, 5.41) is 0. The lowest BCUT2D eigenvalue weighted by atomic mass is 9.53. The zero-order chi connectivity index (χ0) is 20.0. The number of fused-ring (bicyclic) bond motifs is 2. The first kappa shape index (κ1) is 19.9. The molecule has 0 radical (unpaired) electrons. The molecule has 6 heteroatoms. The van der Waals surface area contributed by atoms with E-state index in [9.17, 15) is 18.0 Å². The molecule has 1 fully saturated rings. The third kappa shape index (κ3) is 2.98. The van der Waals surface area contributed by atoms with E-state index in [0.29, 0.717) is 5.92 Å². The Labute approximate surface area is 157 Å². The first-order valence-electron chi connectivity index (χ1n) is 9.10. The number of methoxy groups -OCH3 is 1. The number of rotatable bonds is 4. The molecule has 3 nitrogen and oxygen atoms in total. The predicted molar refractivity (Wildman–Crippen MR) is 94.8 cm³/mol. The maximum Gasteiger partial charge on any atom is 0.432 e. The number of ether oxygens (including phenoxy) is 2. The highest BCUT2D eigenvalue weighted by Gasteiger charge is 2.65. The minimum atomic E-state index is -4.96. The summed E-state index contributed by atoms with van der Waals surface area (Å²) in [6.07, 6.45) is -1.94. The minimum absolute atomic E-state index is 0.00348. The van der Waals surface area contributed by atoms with E-state index < -0.39 is 23.9 Å². The third-order valence-electron chi connectivity index (χ3n) is 6.49. The number of carbonyl (C=O) groups is 1. The van der Waals surface area contributed by atoms with E-state index in [-0.39, 0.29) is 16.9 Å². The van der Waals surface area contributed by atoms with Crippen LogP contribution in [-0.2, 0) is 19.9 Å². The molecule has 0 aromatic heterocycles. The van der Waals surface area contributed by atoms with Crippen LogP contribution < -0.4 is 0 Å². The lowest BCUT2D eigenvalue weighted by molar-refractivity contribution is -0.279. The second-order valence-corrected chi connectivity index (χ2v) is 8.12. The number of carbonyl (C=O) groups excluding carboxylic acids is 1. The van der Waals surface area contributed by atoms with Crippen LogP contribution in [0.25, 0.3) is 0 Å². The Hall–Kier alpha value is -1.82. The third-order valence-corrected chi connectivity index (χ3v) is 6.49. The molecule has 2 bridgehead atoms. The zero-order valence-corrected chi connectivity index (χ0v) is 16.0. The van der Waals surface area contributed by atoms with E-state index in [4.69, 9.17) is 9.47 Å². The van der Waals surface area contributed by atoms with Crippen molar-refractivity contribution in [1.29, 1.82) is 0 Å². The quantitative estimate of drug-likeness (QED) is 0.542. The molecule has 3 aliphatic rings. The van der Waals surface area contributed by atoms with Crippen molar-refractivity contribution in [3.8, 4) is 0 Å². The molecule has 0 heterocycles. The monoisotopic (exact) mass is 382 g/mol. The second-order valence-electron chi connectivity index (χ2n) is 8.12. The van der Waals surface area contributed by atoms with E-state index in [1.165, 1.54) is 24.3 Å². The van der Waals surface area contributed by atoms with Crippen molar-refractivity contribution in [1.82, 2.24) is 0 Å². The summed E-state index contributed by atoms with van der Waals surface area (Å²) in [5.74, 6) is -0.948.